The molecule has 1 atom stereocenters. The van der Waals surface area contributed by atoms with Crippen LogP contribution in [0.4, 0.5) is 0 Å². The van der Waals surface area contributed by atoms with Crippen molar-refractivity contribution in [1.82, 2.24) is 0 Å². The summed E-state index contributed by atoms with van der Waals surface area (Å²) in [5.41, 5.74) is 10.6. The van der Waals surface area contributed by atoms with Crippen molar-refractivity contribution in [3.8, 4) is 0 Å². The molecule has 2 nitrogen and oxygen atoms in total. The first-order valence-electron chi connectivity index (χ1n) is 6.57. The van der Waals surface area contributed by atoms with Gasteiger partial charge in [0.2, 0.25) is 0 Å². The zero-order valence-electron chi connectivity index (χ0n) is 14.2. The molecule has 0 fully saturated rings. The second-order valence-corrected chi connectivity index (χ2v) is 5.70. The van der Waals surface area contributed by atoms with E-state index in [-0.39, 0.29) is 46.5 Å². The number of hydrogen-bond acceptors (Lipinski definition) is 1. The van der Waals surface area contributed by atoms with Crippen LogP contribution in [0.15, 0.2) is 16.7 Å². The van der Waals surface area contributed by atoms with Gasteiger partial charge >= 0.3 is 21.7 Å². The molecule has 0 saturated heterocycles. The van der Waals surface area contributed by atoms with E-state index in [1.165, 1.54) is 16.7 Å². The van der Waals surface area contributed by atoms with E-state index in [1.807, 2.05) is 6.92 Å². The van der Waals surface area contributed by atoms with Crippen LogP contribution in [0.25, 0.3) is 5.73 Å². The molecule has 121 valence electrons. The minimum Gasteiger partial charge on any atom is -1.00 e. The number of allylic oxidation sites excluding steroid dienone is 4. The summed E-state index contributed by atoms with van der Waals surface area (Å²) in [4.78, 5) is 9.71. The summed E-state index contributed by atoms with van der Waals surface area (Å²) in [6, 6.07) is 0. The number of nitrogens with one attached hydrogen (secondary N) is 1. The van der Waals surface area contributed by atoms with E-state index in [0.717, 1.165) is 15.9 Å². The smallest absolute Gasteiger partial charge is 1.00 e. The summed E-state index contributed by atoms with van der Waals surface area (Å²) in [6.45, 7) is 15.0. The van der Waals surface area contributed by atoms with E-state index in [1.54, 1.807) is 0 Å². The van der Waals surface area contributed by atoms with Gasteiger partial charge in [-0.05, 0) is 6.42 Å². The van der Waals surface area contributed by atoms with Crippen LogP contribution >= 0.6 is 0 Å². The van der Waals surface area contributed by atoms with Gasteiger partial charge in [-0.3, -0.25) is 6.08 Å². The van der Waals surface area contributed by atoms with Crippen LogP contribution in [0.1, 0.15) is 47.5 Å². The molecule has 0 aliphatic heterocycles. The Hall–Kier alpha value is 0.461. The Bertz CT molecular complexity index is 321. The van der Waals surface area contributed by atoms with Gasteiger partial charge in [0, 0.05) is 15.4 Å². The zero-order chi connectivity index (χ0) is 14.7. The minimum atomic E-state index is -0.461. The van der Waals surface area contributed by atoms with Gasteiger partial charge in [-0.1, -0.05) is 53.1 Å². The molecule has 0 spiro atoms. The standard InChI is InChI=1S/C9H13.C4H9NO.C2H7Si.2ClH.Ti/c1-6-5-7(2)9(4)8(6)3;1-2-3-4(5)6;1-3-2;;;/h6H,1-4H3;2-3H2,1H3,(H2,5,6);3H,1-2H3;2*1H;/q-1;;;;;+4/p-3. The van der Waals surface area contributed by atoms with Crippen LogP contribution < -0.4 is 24.8 Å². The maximum absolute atomic E-state index is 9.71. The number of carbonyl (C=O) groups is 1. The maximum atomic E-state index is 9.71. The first kappa shape index (κ1) is 33.2. The van der Waals surface area contributed by atoms with Gasteiger partial charge in [0.15, 0.2) is 0 Å². The van der Waals surface area contributed by atoms with Crippen LogP contribution in [0.2, 0.25) is 13.1 Å². The van der Waals surface area contributed by atoms with Crippen molar-refractivity contribution in [1.29, 1.82) is 0 Å². The third-order valence-corrected chi connectivity index (χ3v) is 2.71. The number of hydrogen-bond donors (Lipinski definition) is 0. The molecule has 0 heterocycles. The van der Waals surface area contributed by atoms with E-state index >= 15 is 0 Å². The van der Waals surface area contributed by atoms with Gasteiger partial charge < -0.3 is 35.3 Å². The van der Waals surface area contributed by atoms with Gasteiger partial charge in [-0.25, -0.2) is 5.57 Å². The summed E-state index contributed by atoms with van der Waals surface area (Å²) in [7, 11) is 0.750. The molecule has 6 heteroatoms. The molecule has 0 aromatic carbocycles. The van der Waals surface area contributed by atoms with Crippen LogP contribution in [-0.2, 0) is 26.5 Å². The summed E-state index contributed by atoms with van der Waals surface area (Å²) < 4.78 is 0. The van der Waals surface area contributed by atoms with Gasteiger partial charge in [0.1, 0.15) is 0 Å². The molecule has 1 radical (unpaired) electrons. The van der Waals surface area contributed by atoms with Gasteiger partial charge in [0.05, 0.1) is 0 Å². The van der Waals surface area contributed by atoms with E-state index in [9.17, 15) is 4.79 Å². The van der Waals surface area contributed by atoms with E-state index in [4.69, 9.17) is 5.73 Å². The molecule has 0 aromatic heterocycles. The van der Waals surface area contributed by atoms with Gasteiger partial charge in [0.25, 0.3) is 0 Å². The van der Waals surface area contributed by atoms with Crippen molar-refractivity contribution in [3.63, 3.8) is 0 Å². The Labute approximate surface area is 161 Å². The predicted octanol–water partition coefficient (Wildman–Crippen LogP) is -1.39. The van der Waals surface area contributed by atoms with Crippen molar-refractivity contribution in [3.05, 3.63) is 28.5 Å². The maximum Gasteiger partial charge on any atom is 4.00 e. The third kappa shape index (κ3) is 18.4. The average Bonchev–Trinajstić information content (AvgIpc) is 2.47. The van der Waals surface area contributed by atoms with Crippen molar-refractivity contribution < 1.29 is 51.3 Å². The monoisotopic (exact) mass is 384 g/mol. The molecule has 0 saturated carbocycles. The van der Waals surface area contributed by atoms with Crippen molar-refractivity contribution >= 4 is 15.4 Å². The van der Waals surface area contributed by atoms with E-state index in [0.29, 0.717) is 12.3 Å². The van der Waals surface area contributed by atoms with Crippen molar-refractivity contribution in [2.24, 2.45) is 5.92 Å². The van der Waals surface area contributed by atoms with Crippen molar-refractivity contribution in [2.45, 2.75) is 60.6 Å². The summed E-state index contributed by atoms with van der Waals surface area (Å²) >= 11 is 0. The van der Waals surface area contributed by atoms with Gasteiger partial charge in [-0.15, -0.1) is 6.92 Å². The van der Waals surface area contributed by atoms with E-state index < -0.39 is 5.91 Å². The molecular formula is C15H28Cl2NOSiTi. The molecule has 0 aromatic rings. The number of halogens is 2. The third-order valence-electron chi connectivity index (χ3n) is 2.71. The Balaban J connectivity index is -0.0000000637. The predicted molar refractivity (Wildman–Crippen MR) is 83.1 cm³/mol. The zero-order valence-corrected chi connectivity index (χ0v) is 18.5. The SMILES string of the molecule is CC1=[C-]C(C)C(C)=C1C.CCCC([NH-])=O.C[SiH]C.[Cl-].[Cl-].[Ti+4]. The van der Waals surface area contributed by atoms with Crippen LogP contribution in [0, 0.1) is 12.0 Å². The Kier molecular flexibility index (Phi) is 32.3. The molecule has 1 aliphatic carbocycles. The molecule has 1 unspecified atom stereocenters. The molecule has 1 aliphatic rings. The summed E-state index contributed by atoms with van der Waals surface area (Å²) in [5.74, 6) is 0.0995. The van der Waals surface area contributed by atoms with Crippen molar-refractivity contribution in [2.75, 3.05) is 0 Å². The van der Waals surface area contributed by atoms with E-state index in [2.05, 4.69) is 46.9 Å². The molecule has 1 rings (SSSR count). The van der Waals surface area contributed by atoms with Crippen LogP contribution in [0.5, 0.6) is 0 Å². The fourth-order valence-corrected chi connectivity index (χ4v) is 1.39. The fourth-order valence-electron chi connectivity index (χ4n) is 1.39. The molecule has 1 amide bonds. The van der Waals surface area contributed by atoms with Crippen LogP contribution in [0.3, 0.4) is 0 Å². The number of carbonyl (C=O) groups excluding carboxylic acids is 1. The largest absolute Gasteiger partial charge is 4.00 e. The summed E-state index contributed by atoms with van der Waals surface area (Å²) in [6.07, 6.45) is 4.56. The van der Waals surface area contributed by atoms with Crippen LogP contribution in [-0.4, -0.2) is 15.4 Å². The Morgan fingerprint density at radius 3 is 1.67 bits per heavy atom. The van der Waals surface area contributed by atoms with Gasteiger partial charge in [-0.2, -0.15) is 11.1 Å². The minimum absolute atomic E-state index is 0. The molecule has 0 bridgehead atoms. The second kappa shape index (κ2) is 20.5. The molecular weight excluding hydrogens is 357 g/mol. The first-order chi connectivity index (χ1) is 8.31. The fraction of sp³-hybridized carbons (Fsp3) is 0.667. The average molecular weight is 385 g/mol. The number of rotatable bonds is 2. The molecule has 1 N–H and O–H groups in total. The second-order valence-electron chi connectivity index (χ2n) is 4.55. The Morgan fingerprint density at radius 2 is 1.62 bits per heavy atom. The topological polar surface area (TPSA) is 40.9 Å². The Morgan fingerprint density at radius 1 is 1.24 bits per heavy atom. The molecule has 21 heavy (non-hydrogen) atoms. The summed E-state index contributed by atoms with van der Waals surface area (Å²) in [5, 5.41) is 0. The first-order valence-corrected chi connectivity index (χ1v) is 8.88. The normalized spacial score (nSPS) is 14.8. The number of amides is 1. The quantitative estimate of drug-likeness (QED) is 0.427.